The quantitative estimate of drug-likeness (QED) is 0.152. The lowest BCUT2D eigenvalue weighted by molar-refractivity contribution is 0.669. The van der Waals surface area contributed by atoms with Crippen LogP contribution in [0.5, 0.6) is 0 Å². The van der Waals surface area contributed by atoms with Gasteiger partial charge in [-0.25, -0.2) is 0 Å². The Hall–Kier alpha value is -8.46. The van der Waals surface area contributed by atoms with Gasteiger partial charge in [0.1, 0.15) is 11.2 Å². The lowest BCUT2D eigenvalue weighted by Gasteiger charge is -2.28. The highest BCUT2D eigenvalue weighted by molar-refractivity contribution is 6.06. The van der Waals surface area contributed by atoms with Crippen molar-refractivity contribution in [2.45, 2.75) is 0 Å². The summed E-state index contributed by atoms with van der Waals surface area (Å²) in [5.41, 5.74) is 16.7. The van der Waals surface area contributed by atoms with Crippen LogP contribution in [0.15, 0.2) is 253 Å². The summed E-state index contributed by atoms with van der Waals surface area (Å²) in [5.74, 6) is 0. The average Bonchev–Trinajstić information content (AvgIpc) is 3.75. The fraction of sp³-hybridized carbons (Fsp3) is 0. The predicted molar refractivity (Wildman–Crippen MR) is 271 cm³/mol. The van der Waals surface area contributed by atoms with Crippen LogP contribution in [0, 0.1) is 0 Å². The molecule has 0 fully saturated rings. The van der Waals surface area contributed by atoms with Crippen LogP contribution in [0.3, 0.4) is 0 Å². The van der Waals surface area contributed by atoms with Gasteiger partial charge < -0.3 is 9.32 Å². The standard InChI is InChI=1S/C62H41NO/c1-2-13-49-39-51(32-29-42(49)11-1)46-25-23-45(24-26-46)50-15-9-16-54(40-50)63(60-21-7-5-18-57(60)52-35-38-59-58-19-6-8-22-61(58)64-62(59)41-52)53-36-33-44(34-37-53)43-27-30-48(31-28-43)56-20-10-14-47-12-3-4-17-55(47)56/h1-41H. The number of benzene rings is 11. The van der Waals surface area contributed by atoms with Crippen molar-refractivity contribution in [2.24, 2.45) is 0 Å². The highest BCUT2D eigenvalue weighted by atomic mass is 16.3. The van der Waals surface area contributed by atoms with E-state index in [0.717, 1.165) is 66.8 Å². The van der Waals surface area contributed by atoms with Gasteiger partial charge in [0, 0.05) is 27.7 Å². The molecule has 1 aromatic heterocycles. The van der Waals surface area contributed by atoms with Crippen molar-refractivity contribution in [1.82, 2.24) is 0 Å². The molecule has 1 heterocycles. The van der Waals surface area contributed by atoms with Crippen LogP contribution in [-0.4, -0.2) is 0 Å². The Labute approximate surface area is 372 Å². The molecule has 12 aromatic rings. The van der Waals surface area contributed by atoms with Crippen molar-refractivity contribution in [1.29, 1.82) is 0 Å². The zero-order chi connectivity index (χ0) is 42.4. The minimum Gasteiger partial charge on any atom is -0.456 e. The van der Waals surface area contributed by atoms with Gasteiger partial charge in [0.15, 0.2) is 0 Å². The molecule has 0 spiro atoms. The monoisotopic (exact) mass is 815 g/mol. The molecule has 0 aliphatic carbocycles. The van der Waals surface area contributed by atoms with Crippen molar-refractivity contribution in [3.05, 3.63) is 249 Å². The number of nitrogens with zero attached hydrogens (tertiary/aromatic N) is 1. The van der Waals surface area contributed by atoms with Gasteiger partial charge in [0.2, 0.25) is 0 Å². The summed E-state index contributed by atoms with van der Waals surface area (Å²) < 4.78 is 6.40. The first-order chi connectivity index (χ1) is 31.7. The molecule has 0 bridgehead atoms. The first kappa shape index (κ1) is 37.3. The van der Waals surface area contributed by atoms with Crippen LogP contribution < -0.4 is 4.90 Å². The summed E-state index contributed by atoms with van der Waals surface area (Å²) in [4.78, 5) is 2.39. The lowest BCUT2D eigenvalue weighted by Crippen LogP contribution is -2.11. The molecule has 2 heteroatoms. The minimum atomic E-state index is 0.880. The maximum atomic E-state index is 6.40. The fourth-order valence-electron chi connectivity index (χ4n) is 9.40. The number of anilines is 3. The summed E-state index contributed by atoms with van der Waals surface area (Å²) in [6, 6.07) is 89.7. The van der Waals surface area contributed by atoms with Crippen LogP contribution in [0.25, 0.3) is 99.1 Å². The fourth-order valence-corrected chi connectivity index (χ4v) is 9.40. The molecule has 0 aliphatic heterocycles. The topological polar surface area (TPSA) is 16.4 Å². The molecule has 0 atom stereocenters. The van der Waals surface area contributed by atoms with Crippen LogP contribution in [0.4, 0.5) is 17.1 Å². The Balaban J connectivity index is 0.929. The molecule has 64 heavy (non-hydrogen) atoms. The van der Waals surface area contributed by atoms with E-state index in [1.54, 1.807) is 0 Å². The Bertz CT molecular complexity index is 3650. The third-order valence-corrected chi connectivity index (χ3v) is 12.7. The smallest absolute Gasteiger partial charge is 0.136 e. The Morgan fingerprint density at radius 2 is 0.781 bits per heavy atom. The normalized spacial score (nSPS) is 11.4. The van der Waals surface area contributed by atoms with Crippen molar-refractivity contribution in [2.75, 3.05) is 4.90 Å². The number of furan rings is 1. The van der Waals surface area contributed by atoms with E-state index >= 15 is 0 Å². The Morgan fingerprint density at radius 3 is 1.58 bits per heavy atom. The van der Waals surface area contributed by atoms with Gasteiger partial charge in [-0.15, -0.1) is 0 Å². The van der Waals surface area contributed by atoms with Crippen LogP contribution in [-0.2, 0) is 0 Å². The van der Waals surface area contributed by atoms with Gasteiger partial charge in [-0.05, 0) is 126 Å². The Kier molecular flexibility index (Phi) is 9.20. The summed E-state index contributed by atoms with van der Waals surface area (Å²) in [7, 11) is 0. The molecule has 300 valence electrons. The molecule has 0 unspecified atom stereocenters. The molecule has 0 radical (unpaired) electrons. The van der Waals surface area contributed by atoms with Crippen LogP contribution >= 0.6 is 0 Å². The van der Waals surface area contributed by atoms with Crippen molar-refractivity contribution < 1.29 is 4.42 Å². The molecular weight excluding hydrogens is 775 g/mol. The number of rotatable bonds is 8. The van der Waals surface area contributed by atoms with Gasteiger partial charge in [0.05, 0.1) is 5.69 Å². The zero-order valence-corrected chi connectivity index (χ0v) is 35.0. The second-order valence-corrected chi connectivity index (χ2v) is 16.5. The van der Waals surface area contributed by atoms with E-state index < -0.39 is 0 Å². The number of para-hydroxylation sites is 2. The van der Waals surface area contributed by atoms with Gasteiger partial charge in [-0.2, -0.15) is 0 Å². The van der Waals surface area contributed by atoms with E-state index in [9.17, 15) is 0 Å². The second-order valence-electron chi connectivity index (χ2n) is 16.5. The molecule has 11 aromatic carbocycles. The van der Waals surface area contributed by atoms with Gasteiger partial charge in [-0.1, -0.05) is 194 Å². The molecular formula is C62H41NO. The first-order valence-corrected chi connectivity index (χ1v) is 21.9. The van der Waals surface area contributed by atoms with Crippen molar-refractivity contribution >= 4 is 60.5 Å². The maximum absolute atomic E-state index is 6.40. The van der Waals surface area contributed by atoms with E-state index in [0.29, 0.717) is 0 Å². The summed E-state index contributed by atoms with van der Waals surface area (Å²) in [6.45, 7) is 0. The van der Waals surface area contributed by atoms with E-state index in [2.05, 4.69) is 241 Å². The van der Waals surface area contributed by atoms with Gasteiger partial charge >= 0.3 is 0 Å². The molecule has 0 N–H and O–H groups in total. The van der Waals surface area contributed by atoms with E-state index in [1.807, 2.05) is 12.1 Å². The molecule has 0 amide bonds. The highest BCUT2D eigenvalue weighted by Crippen LogP contribution is 2.44. The zero-order valence-electron chi connectivity index (χ0n) is 35.0. The first-order valence-electron chi connectivity index (χ1n) is 21.9. The summed E-state index contributed by atoms with van der Waals surface area (Å²) in [5, 5.41) is 7.26. The van der Waals surface area contributed by atoms with Crippen molar-refractivity contribution in [3.63, 3.8) is 0 Å². The van der Waals surface area contributed by atoms with Gasteiger partial charge in [-0.3, -0.25) is 0 Å². The van der Waals surface area contributed by atoms with Crippen LogP contribution in [0.2, 0.25) is 0 Å². The largest absolute Gasteiger partial charge is 0.456 e. The van der Waals surface area contributed by atoms with E-state index in [4.69, 9.17) is 4.42 Å². The summed E-state index contributed by atoms with van der Waals surface area (Å²) in [6.07, 6.45) is 0. The number of hydrogen-bond donors (Lipinski definition) is 0. The third-order valence-electron chi connectivity index (χ3n) is 12.7. The average molecular weight is 816 g/mol. The molecule has 0 saturated heterocycles. The molecule has 2 nitrogen and oxygen atoms in total. The van der Waals surface area contributed by atoms with Crippen LogP contribution in [0.1, 0.15) is 0 Å². The maximum Gasteiger partial charge on any atom is 0.136 e. The number of fused-ring (bicyclic) bond motifs is 5. The second kappa shape index (κ2) is 15.8. The predicted octanol–water partition coefficient (Wildman–Crippen LogP) is 17.7. The van der Waals surface area contributed by atoms with Gasteiger partial charge in [0.25, 0.3) is 0 Å². The molecule has 0 aliphatic rings. The van der Waals surface area contributed by atoms with E-state index in [1.165, 1.54) is 49.4 Å². The lowest BCUT2D eigenvalue weighted by atomic mass is 9.96. The Morgan fingerprint density at radius 1 is 0.250 bits per heavy atom. The summed E-state index contributed by atoms with van der Waals surface area (Å²) >= 11 is 0. The van der Waals surface area contributed by atoms with E-state index in [-0.39, 0.29) is 0 Å². The highest BCUT2D eigenvalue weighted by Gasteiger charge is 2.19. The number of hydrogen-bond acceptors (Lipinski definition) is 2. The van der Waals surface area contributed by atoms with Crippen molar-refractivity contribution in [3.8, 4) is 55.6 Å². The molecule has 0 saturated carbocycles. The molecule has 12 rings (SSSR count). The third kappa shape index (κ3) is 6.79. The minimum absolute atomic E-state index is 0.880. The SMILES string of the molecule is c1cc(-c2ccc(-c3ccc4ccccc4c3)cc2)cc(N(c2ccc(-c3ccc(-c4cccc5ccccc45)cc3)cc2)c2ccccc2-c2ccc3c(c2)oc2ccccc23)c1.